The summed E-state index contributed by atoms with van der Waals surface area (Å²) in [4.78, 5) is 15.1. The van der Waals surface area contributed by atoms with Crippen LogP contribution in [-0.2, 0) is 7.05 Å². The summed E-state index contributed by atoms with van der Waals surface area (Å²) in [7, 11) is 1.87. The zero-order chi connectivity index (χ0) is 19.1. The molecule has 0 radical (unpaired) electrons. The lowest BCUT2D eigenvalue weighted by Gasteiger charge is -2.38. The molecule has 0 aliphatic carbocycles. The molecular formula is C22H20N4O. The highest BCUT2D eigenvalue weighted by Gasteiger charge is 2.35. The molecule has 0 saturated heterocycles. The number of para-hydroxylation sites is 1. The molecule has 2 heterocycles. The standard InChI is InChI=1S/C22H20N4O/c1-14-8-10-16(11-9-14)26-21(19-12-17(13-23)25(3)15(19)2)24-20-7-5-4-6-18(20)22(26)27/h4-12,21,24H,1-3H3/t21-/m1/s1. The Morgan fingerprint density at radius 3 is 2.44 bits per heavy atom. The van der Waals surface area contributed by atoms with Gasteiger partial charge in [-0.2, -0.15) is 5.26 Å². The van der Waals surface area contributed by atoms with Crippen molar-refractivity contribution in [3.8, 4) is 6.07 Å². The highest BCUT2D eigenvalue weighted by Crippen LogP contribution is 2.38. The van der Waals surface area contributed by atoms with E-state index in [0.29, 0.717) is 11.3 Å². The smallest absolute Gasteiger partial charge is 0.262 e. The number of nitrogens with zero attached hydrogens (tertiary/aromatic N) is 3. The number of fused-ring (bicyclic) bond motifs is 1. The summed E-state index contributed by atoms with van der Waals surface area (Å²) >= 11 is 0. The number of benzene rings is 2. The number of amides is 1. The van der Waals surface area contributed by atoms with E-state index in [1.807, 2.05) is 80.1 Å². The van der Waals surface area contributed by atoms with Gasteiger partial charge in [0, 0.05) is 29.7 Å². The highest BCUT2D eigenvalue weighted by molar-refractivity contribution is 6.12. The van der Waals surface area contributed by atoms with Gasteiger partial charge < -0.3 is 9.88 Å². The zero-order valence-corrected chi connectivity index (χ0v) is 15.5. The van der Waals surface area contributed by atoms with E-state index in [2.05, 4.69) is 11.4 Å². The lowest BCUT2D eigenvalue weighted by atomic mass is 10.0. The first kappa shape index (κ1) is 16.9. The zero-order valence-electron chi connectivity index (χ0n) is 15.5. The molecule has 5 heteroatoms. The minimum atomic E-state index is -0.386. The first-order chi connectivity index (χ1) is 13.0. The van der Waals surface area contributed by atoms with Crippen LogP contribution in [0.25, 0.3) is 0 Å². The molecule has 1 aliphatic heterocycles. The maximum atomic E-state index is 13.4. The molecule has 134 valence electrons. The summed E-state index contributed by atoms with van der Waals surface area (Å²) < 4.78 is 1.86. The van der Waals surface area contributed by atoms with Crippen molar-refractivity contribution in [3.05, 3.63) is 82.7 Å². The number of hydrogen-bond acceptors (Lipinski definition) is 3. The van der Waals surface area contributed by atoms with Crippen molar-refractivity contribution in [3.63, 3.8) is 0 Å². The summed E-state index contributed by atoms with van der Waals surface area (Å²) in [5.74, 6) is -0.0556. The number of nitriles is 1. The molecule has 5 nitrogen and oxygen atoms in total. The van der Waals surface area contributed by atoms with Crippen LogP contribution in [0.4, 0.5) is 11.4 Å². The lowest BCUT2D eigenvalue weighted by Crippen LogP contribution is -2.43. The van der Waals surface area contributed by atoms with E-state index < -0.39 is 0 Å². The van der Waals surface area contributed by atoms with Gasteiger partial charge in [-0.1, -0.05) is 29.8 Å². The minimum Gasteiger partial charge on any atom is -0.360 e. The highest BCUT2D eigenvalue weighted by atomic mass is 16.2. The third-order valence-electron chi connectivity index (χ3n) is 5.22. The van der Waals surface area contributed by atoms with Gasteiger partial charge >= 0.3 is 0 Å². The molecule has 1 amide bonds. The van der Waals surface area contributed by atoms with Gasteiger partial charge in [0.05, 0.1) is 5.56 Å². The van der Waals surface area contributed by atoms with E-state index >= 15 is 0 Å². The van der Waals surface area contributed by atoms with Gasteiger partial charge in [-0.3, -0.25) is 9.69 Å². The number of aryl methyl sites for hydroxylation is 1. The van der Waals surface area contributed by atoms with Crippen LogP contribution in [-0.4, -0.2) is 10.5 Å². The van der Waals surface area contributed by atoms with Crippen LogP contribution < -0.4 is 10.2 Å². The number of carbonyl (C=O) groups excluding carboxylic acids is 1. The number of nitrogens with one attached hydrogen (secondary N) is 1. The molecule has 0 saturated carbocycles. The number of carbonyl (C=O) groups is 1. The molecule has 3 aromatic rings. The second-order valence-electron chi connectivity index (χ2n) is 6.84. The molecule has 0 bridgehead atoms. The molecule has 4 rings (SSSR count). The molecule has 27 heavy (non-hydrogen) atoms. The average Bonchev–Trinajstić information content (AvgIpc) is 2.97. The van der Waals surface area contributed by atoms with Crippen LogP contribution in [0.1, 0.15) is 39.0 Å². The number of hydrogen-bond donors (Lipinski definition) is 1. The number of rotatable bonds is 2. The summed E-state index contributed by atoms with van der Waals surface area (Å²) in [5, 5.41) is 12.9. The fourth-order valence-corrected chi connectivity index (χ4v) is 3.55. The molecule has 1 aliphatic rings. The number of aromatic nitrogens is 1. The normalized spacial score (nSPS) is 15.9. The van der Waals surface area contributed by atoms with Gasteiger partial charge in [-0.05, 0) is 44.2 Å². The van der Waals surface area contributed by atoms with Crippen LogP contribution in [0.5, 0.6) is 0 Å². The summed E-state index contributed by atoms with van der Waals surface area (Å²) in [5.41, 5.74) is 5.83. The quantitative estimate of drug-likeness (QED) is 0.745. The van der Waals surface area contributed by atoms with E-state index in [0.717, 1.165) is 28.2 Å². The van der Waals surface area contributed by atoms with Crippen molar-refractivity contribution in [1.82, 2.24) is 4.57 Å². The Labute approximate surface area is 158 Å². The lowest BCUT2D eigenvalue weighted by molar-refractivity contribution is 0.0975. The van der Waals surface area contributed by atoms with E-state index in [-0.39, 0.29) is 12.1 Å². The molecule has 0 unspecified atom stereocenters. The predicted molar refractivity (Wildman–Crippen MR) is 106 cm³/mol. The van der Waals surface area contributed by atoms with Crippen LogP contribution in [0, 0.1) is 25.2 Å². The van der Waals surface area contributed by atoms with Gasteiger partial charge in [0.25, 0.3) is 5.91 Å². The van der Waals surface area contributed by atoms with Crippen LogP contribution in [0.2, 0.25) is 0 Å². The SMILES string of the molecule is Cc1ccc(N2C(=O)c3ccccc3N[C@H]2c2cc(C#N)n(C)c2C)cc1. The Hall–Kier alpha value is -3.52. The Morgan fingerprint density at radius 1 is 1.07 bits per heavy atom. The van der Waals surface area contributed by atoms with Gasteiger partial charge in [-0.25, -0.2) is 0 Å². The first-order valence-electron chi connectivity index (χ1n) is 8.83. The van der Waals surface area contributed by atoms with Crippen molar-refractivity contribution in [2.45, 2.75) is 20.0 Å². The largest absolute Gasteiger partial charge is 0.360 e. The van der Waals surface area contributed by atoms with Crippen LogP contribution in [0.15, 0.2) is 54.6 Å². The first-order valence-corrected chi connectivity index (χ1v) is 8.83. The third-order valence-corrected chi connectivity index (χ3v) is 5.22. The Morgan fingerprint density at radius 2 is 1.78 bits per heavy atom. The third kappa shape index (κ3) is 2.67. The second-order valence-corrected chi connectivity index (χ2v) is 6.84. The molecular weight excluding hydrogens is 336 g/mol. The average molecular weight is 356 g/mol. The van der Waals surface area contributed by atoms with Gasteiger partial charge in [-0.15, -0.1) is 0 Å². The van der Waals surface area contributed by atoms with E-state index in [4.69, 9.17) is 0 Å². The molecule has 1 atom stereocenters. The Balaban J connectivity index is 1.91. The molecule has 0 spiro atoms. The molecule has 2 aromatic carbocycles. The molecule has 0 fully saturated rings. The molecule has 1 N–H and O–H groups in total. The predicted octanol–water partition coefficient (Wildman–Crippen LogP) is 4.28. The van der Waals surface area contributed by atoms with Gasteiger partial charge in [0.2, 0.25) is 0 Å². The molecule has 1 aromatic heterocycles. The van der Waals surface area contributed by atoms with Crippen molar-refractivity contribution in [2.24, 2.45) is 7.05 Å². The van der Waals surface area contributed by atoms with E-state index in [1.165, 1.54) is 0 Å². The summed E-state index contributed by atoms with van der Waals surface area (Å²) in [6.07, 6.45) is -0.386. The van der Waals surface area contributed by atoms with Crippen molar-refractivity contribution < 1.29 is 4.79 Å². The summed E-state index contributed by atoms with van der Waals surface area (Å²) in [6.45, 7) is 3.99. The Bertz CT molecular complexity index is 1070. The van der Waals surface area contributed by atoms with Crippen molar-refractivity contribution >= 4 is 17.3 Å². The topological polar surface area (TPSA) is 61.1 Å². The van der Waals surface area contributed by atoms with Crippen molar-refractivity contribution in [2.75, 3.05) is 10.2 Å². The minimum absolute atomic E-state index is 0.0556. The number of anilines is 2. The van der Waals surface area contributed by atoms with E-state index in [1.54, 1.807) is 4.90 Å². The maximum Gasteiger partial charge on any atom is 0.262 e. The van der Waals surface area contributed by atoms with E-state index in [9.17, 15) is 10.1 Å². The monoisotopic (exact) mass is 356 g/mol. The van der Waals surface area contributed by atoms with Gasteiger partial charge in [0.1, 0.15) is 17.9 Å². The van der Waals surface area contributed by atoms with Crippen LogP contribution in [0.3, 0.4) is 0 Å². The van der Waals surface area contributed by atoms with Gasteiger partial charge in [0.15, 0.2) is 0 Å². The summed E-state index contributed by atoms with van der Waals surface area (Å²) in [6, 6.07) is 19.5. The van der Waals surface area contributed by atoms with Crippen LogP contribution >= 0.6 is 0 Å². The second kappa shape index (κ2) is 6.33. The fourth-order valence-electron chi connectivity index (χ4n) is 3.55. The Kier molecular flexibility index (Phi) is 3.97. The maximum absolute atomic E-state index is 13.4. The van der Waals surface area contributed by atoms with Crippen molar-refractivity contribution in [1.29, 1.82) is 5.26 Å². The fraction of sp³-hybridized carbons (Fsp3) is 0.182.